The van der Waals surface area contributed by atoms with Crippen molar-refractivity contribution in [2.24, 2.45) is 5.92 Å². The van der Waals surface area contributed by atoms with Crippen LogP contribution in [0.2, 0.25) is 5.02 Å². The van der Waals surface area contributed by atoms with Crippen LogP contribution >= 0.6 is 11.6 Å². The number of hydrogen-bond acceptors (Lipinski definition) is 4. The number of morpholine rings is 1. The summed E-state index contributed by atoms with van der Waals surface area (Å²) in [6, 6.07) is 7.06. The Balaban J connectivity index is 1.25. The zero-order valence-corrected chi connectivity index (χ0v) is 15.3. The zero-order chi connectivity index (χ0) is 16.8. The first-order valence-corrected chi connectivity index (χ1v) is 9.82. The highest BCUT2D eigenvalue weighted by atomic mass is 35.5. The number of fused-ring (bicyclic) bond motifs is 2. The molecule has 2 atom stereocenters. The average molecular weight is 361 g/mol. The molecule has 5 heteroatoms. The summed E-state index contributed by atoms with van der Waals surface area (Å²) in [7, 11) is 0. The molecule has 0 radical (unpaired) electrons. The molecular weight excluding hydrogens is 336 g/mol. The van der Waals surface area contributed by atoms with Crippen molar-refractivity contribution in [2.45, 2.75) is 24.9 Å². The summed E-state index contributed by atoms with van der Waals surface area (Å²) < 4.78 is 11.8. The number of halogens is 1. The summed E-state index contributed by atoms with van der Waals surface area (Å²) >= 11 is 6.12. The second-order valence-corrected chi connectivity index (χ2v) is 8.28. The number of nitrogens with zero attached hydrogens (tertiary/aromatic N) is 2. The molecule has 0 amide bonds. The molecule has 0 bridgehead atoms. The van der Waals surface area contributed by atoms with E-state index in [1.54, 1.807) is 0 Å². The van der Waals surface area contributed by atoms with Gasteiger partial charge in [-0.25, -0.2) is 0 Å². The number of rotatable bonds is 3. The summed E-state index contributed by atoms with van der Waals surface area (Å²) in [6.07, 6.45) is 5.04. The van der Waals surface area contributed by atoms with E-state index in [1.165, 1.54) is 25.0 Å². The van der Waals surface area contributed by atoms with Crippen LogP contribution in [0.25, 0.3) is 6.08 Å². The standard InChI is InChI=1S/C20H25ClN2O2/c21-17-3-4-20-16(8-17)7-14(11-25-20)9-22-5-6-23-18(10-22)12-24-13-19(23)15-1-2-15/h3-4,7-8,15,18-19H,1-2,5-6,9-13H2/t18-,19-/m1/s1. The van der Waals surface area contributed by atoms with Gasteiger partial charge >= 0.3 is 0 Å². The second-order valence-electron chi connectivity index (χ2n) is 7.84. The molecule has 4 nitrogen and oxygen atoms in total. The Kier molecular flexibility index (Phi) is 4.25. The summed E-state index contributed by atoms with van der Waals surface area (Å²) in [5, 5.41) is 0.763. The maximum absolute atomic E-state index is 6.12. The predicted octanol–water partition coefficient (Wildman–Crippen LogP) is 2.91. The van der Waals surface area contributed by atoms with Gasteiger partial charge in [-0.1, -0.05) is 11.6 Å². The lowest BCUT2D eigenvalue weighted by Gasteiger charge is -2.48. The summed E-state index contributed by atoms with van der Waals surface area (Å²) in [4.78, 5) is 5.29. The molecule has 0 aromatic heterocycles. The lowest BCUT2D eigenvalue weighted by molar-refractivity contribution is -0.0856. The molecule has 3 aliphatic heterocycles. The first-order valence-electron chi connectivity index (χ1n) is 9.44. The molecule has 3 heterocycles. The largest absolute Gasteiger partial charge is 0.489 e. The predicted molar refractivity (Wildman–Crippen MR) is 99.2 cm³/mol. The van der Waals surface area contributed by atoms with Gasteiger partial charge in [-0.15, -0.1) is 0 Å². The molecule has 0 N–H and O–H groups in total. The van der Waals surface area contributed by atoms with Gasteiger partial charge in [0.25, 0.3) is 0 Å². The van der Waals surface area contributed by atoms with Crippen molar-refractivity contribution in [1.82, 2.24) is 9.80 Å². The van der Waals surface area contributed by atoms with Gasteiger partial charge < -0.3 is 9.47 Å². The minimum absolute atomic E-state index is 0.555. The molecule has 1 saturated carbocycles. The molecule has 1 aromatic rings. The van der Waals surface area contributed by atoms with Crippen molar-refractivity contribution >= 4 is 17.7 Å². The topological polar surface area (TPSA) is 24.9 Å². The van der Waals surface area contributed by atoms with Crippen LogP contribution in [0, 0.1) is 5.92 Å². The van der Waals surface area contributed by atoms with Gasteiger partial charge in [-0.2, -0.15) is 0 Å². The highest BCUT2D eigenvalue weighted by molar-refractivity contribution is 6.30. The van der Waals surface area contributed by atoms with E-state index >= 15 is 0 Å². The summed E-state index contributed by atoms with van der Waals surface area (Å²) in [5.41, 5.74) is 2.43. The molecule has 0 unspecified atom stereocenters. The third kappa shape index (κ3) is 3.33. The van der Waals surface area contributed by atoms with Gasteiger partial charge in [0.05, 0.1) is 13.2 Å². The SMILES string of the molecule is Clc1ccc2c(c1)C=C(CN1CCN3[C@@H](COC[C@@H]3C3CC3)C1)CO2. The Morgan fingerprint density at radius 2 is 2.08 bits per heavy atom. The summed E-state index contributed by atoms with van der Waals surface area (Å²) in [6.45, 7) is 6.89. The molecule has 5 rings (SSSR count). The average Bonchev–Trinajstić information content (AvgIpc) is 3.46. The maximum atomic E-state index is 6.12. The van der Waals surface area contributed by atoms with Crippen molar-refractivity contribution in [3.8, 4) is 5.75 Å². The van der Waals surface area contributed by atoms with Crippen molar-refractivity contribution in [3.63, 3.8) is 0 Å². The summed E-state index contributed by atoms with van der Waals surface area (Å²) in [5.74, 6) is 1.83. The smallest absolute Gasteiger partial charge is 0.127 e. The second kappa shape index (κ2) is 6.58. The Bertz CT molecular complexity index is 688. The highest BCUT2D eigenvalue weighted by Crippen LogP contribution is 2.38. The van der Waals surface area contributed by atoms with Gasteiger partial charge in [0.2, 0.25) is 0 Å². The van der Waals surface area contributed by atoms with Crippen molar-refractivity contribution in [3.05, 3.63) is 34.4 Å². The fraction of sp³-hybridized carbons (Fsp3) is 0.600. The van der Waals surface area contributed by atoms with E-state index < -0.39 is 0 Å². The fourth-order valence-electron chi connectivity index (χ4n) is 4.54. The van der Waals surface area contributed by atoms with Gasteiger partial charge in [0.1, 0.15) is 12.4 Å². The van der Waals surface area contributed by atoms with Crippen LogP contribution < -0.4 is 4.74 Å². The first-order chi connectivity index (χ1) is 12.3. The molecule has 2 saturated heterocycles. The Morgan fingerprint density at radius 1 is 1.16 bits per heavy atom. The Labute approximate surface area is 154 Å². The number of ether oxygens (including phenoxy) is 2. The van der Waals surface area contributed by atoms with Crippen LogP contribution in [-0.4, -0.2) is 67.9 Å². The Hall–Kier alpha value is -1.07. The zero-order valence-electron chi connectivity index (χ0n) is 14.5. The van der Waals surface area contributed by atoms with E-state index in [0.717, 1.165) is 55.1 Å². The number of piperazine rings is 1. The maximum Gasteiger partial charge on any atom is 0.127 e. The van der Waals surface area contributed by atoms with E-state index in [4.69, 9.17) is 21.1 Å². The van der Waals surface area contributed by atoms with Crippen molar-refractivity contribution in [2.75, 3.05) is 46.0 Å². The van der Waals surface area contributed by atoms with E-state index in [-0.39, 0.29) is 0 Å². The normalized spacial score (nSPS) is 30.2. The minimum Gasteiger partial charge on any atom is -0.489 e. The van der Waals surface area contributed by atoms with E-state index in [1.807, 2.05) is 18.2 Å². The number of benzene rings is 1. The molecule has 1 aliphatic carbocycles. The van der Waals surface area contributed by atoms with Crippen LogP contribution in [0.4, 0.5) is 0 Å². The van der Waals surface area contributed by atoms with Gasteiger partial charge in [0.15, 0.2) is 0 Å². The third-order valence-electron chi connectivity index (χ3n) is 5.97. The molecular formula is C20H25ClN2O2. The van der Waals surface area contributed by atoms with Crippen LogP contribution in [0.15, 0.2) is 23.8 Å². The van der Waals surface area contributed by atoms with E-state index in [0.29, 0.717) is 18.7 Å². The van der Waals surface area contributed by atoms with Gasteiger partial charge in [0, 0.05) is 48.8 Å². The fourth-order valence-corrected chi connectivity index (χ4v) is 4.73. The quantitative estimate of drug-likeness (QED) is 0.827. The molecule has 25 heavy (non-hydrogen) atoms. The molecule has 1 aromatic carbocycles. The van der Waals surface area contributed by atoms with Crippen LogP contribution in [0.1, 0.15) is 18.4 Å². The van der Waals surface area contributed by atoms with E-state index in [2.05, 4.69) is 15.9 Å². The third-order valence-corrected chi connectivity index (χ3v) is 6.21. The van der Waals surface area contributed by atoms with Crippen molar-refractivity contribution in [1.29, 1.82) is 0 Å². The Morgan fingerprint density at radius 3 is 2.96 bits per heavy atom. The van der Waals surface area contributed by atoms with Crippen LogP contribution in [-0.2, 0) is 4.74 Å². The molecule has 134 valence electrons. The van der Waals surface area contributed by atoms with Crippen LogP contribution in [0.5, 0.6) is 5.75 Å². The van der Waals surface area contributed by atoms with Gasteiger partial charge in [-0.05, 0) is 48.6 Å². The van der Waals surface area contributed by atoms with Crippen LogP contribution in [0.3, 0.4) is 0 Å². The lowest BCUT2D eigenvalue weighted by atomic mass is 10.0. The van der Waals surface area contributed by atoms with Gasteiger partial charge in [-0.3, -0.25) is 9.80 Å². The number of hydrogen-bond donors (Lipinski definition) is 0. The van der Waals surface area contributed by atoms with E-state index in [9.17, 15) is 0 Å². The highest BCUT2D eigenvalue weighted by Gasteiger charge is 2.42. The first kappa shape index (κ1) is 16.1. The monoisotopic (exact) mass is 360 g/mol. The minimum atomic E-state index is 0.555. The molecule has 3 fully saturated rings. The molecule has 4 aliphatic rings. The molecule has 0 spiro atoms. The lowest BCUT2D eigenvalue weighted by Crippen LogP contribution is -2.62. The van der Waals surface area contributed by atoms with Crippen molar-refractivity contribution < 1.29 is 9.47 Å².